The van der Waals surface area contributed by atoms with E-state index < -0.39 is 5.97 Å². The van der Waals surface area contributed by atoms with Gasteiger partial charge in [0.25, 0.3) is 0 Å². The summed E-state index contributed by atoms with van der Waals surface area (Å²) < 4.78 is 0. The van der Waals surface area contributed by atoms with E-state index in [2.05, 4.69) is 67.7 Å². The summed E-state index contributed by atoms with van der Waals surface area (Å²) >= 11 is 0. The lowest BCUT2D eigenvalue weighted by atomic mass is 10.2. The maximum absolute atomic E-state index is 10.3. The molecule has 0 rings (SSSR count). The summed E-state index contributed by atoms with van der Waals surface area (Å²) in [5.41, 5.74) is 0. The zero-order valence-corrected chi connectivity index (χ0v) is 14.9. The Kier molecular flexibility index (Phi) is 17.3. The molecule has 0 bridgehead atoms. The Morgan fingerprint density at radius 3 is 1.71 bits per heavy atom. The Morgan fingerprint density at radius 2 is 1.17 bits per heavy atom. The molecule has 0 saturated heterocycles. The highest BCUT2D eigenvalue weighted by Gasteiger charge is 1.90. The molecule has 0 fully saturated rings. The molecule has 2 heteroatoms. The van der Waals surface area contributed by atoms with Crippen molar-refractivity contribution < 1.29 is 9.90 Å². The molecule has 0 atom stereocenters. The molecule has 0 aliphatic carbocycles. The Balaban J connectivity index is 3.52. The Hall–Kier alpha value is -2.09. The van der Waals surface area contributed by atoms with Crippen molar-refractivity contribution in [2.45, 2.75) is 58.3 Å². The molecule has 0 amide bonds. The van der Waals surface area contributed by atoms with Gasteiger partial charge in [-0.25, -0.2) is 0 Å². The van der Waals surface area contributed by atoms with Crippen molar-refractivity contribution in [2.75, 3.05) is 0 Å². The predicted octanol–water partition coefficient (Wildman–Crippen LogP) is 6.55. The van der Waals surface area contributed by atoms with E-state index in [4.69, 9.17) is 5.11 Å². The van der Waals surface area contributed by atoms with Crippen LogP contribution in [0.25, 0.3) is 0 Å². The average molecular weight is 328 g/mol. The number of rotatable bonds is 14. The Morgan fingerprint density at radius 1 is 0.667 bits per heavy atom. The molecule has 2 nitrogen and oxygen atoms in total. The van der Waals surface area contributed by atoms with E-state index in [0.29, 0.717) is 6.42 Å². The van der Waals surface area contributed by atoms with E-state index in [1.54, 1.807) is 0 Å². The lowest BCUT2D eigenvalue weighted by Crippen LogP contribution is -1.91. The number of carbonyl (C=O) groups is 1. The standard InChI is InChI=1S/C22H32O2/c1-2-3-4-5-6-7-8-9-10-11-12-13-14-15-16-17-18-19-20-21-22(23)24/h3-4,7-12,15-16,18-19H,2,5-6,13-14,17,20-21H2,1H3,(H,23,24). The molecule has 1 N–H and O–H groups in total. The van der Waals surface area contributed by atoms with Crippen molar-refractivity contribution in [3.05, 3.63) is 72.9 Å². The molecule has 0 heterocycles. The third-order valence-corrected chi connectivity index (χ3v) is 3.14. The van der Waals surface area contributed by atoms with E-state index in [-0.39, 0.29) is 6.42 Å². The maximum Gasteiger partial charge on any atom is 0.303 e. The van der Waals surface area contributed by atoms with Crippen molar-refractivity contribution in [3.8, 4) is 0 Å². The van der Waals surface area contributed by atoms with Gasteiger partial charge in [-0.2, -0.15) is 0 Å². The van der Waals surface area contributed by atoms with Crippen LogP contribution in [0, 0.1) is 0 Å². The first-order valence-corrected chi connectivity index (χ1v) is 8.92. The van der Waals surface area contributed by atoms with Gasteiger partial charge in [-0.1, -0.05) is 79.8 Å². The van der Waals surface area contributed by atoms with E-state index in [1.807, 2.05) is 12.2 Å². The quantitative estimate of drug-likeness (QED) is 0.223. The molecular formula is C22H32O2. The molecule has 0 aromatic rings. The number of unbranched alkanes of at least 4 members (excludes halogenated alkanes) is 2. The Bertz CT molecular complexity index is 462. The van der Waals surface area contributed by atoms with E-state index in [9.17, 15) is 4.79 Å². The van der Waals surface area contributed by atoms with E-state index >= 15 is 0 Å². The van der Waals surface area contributed by atoms with Crippen molar-refractivity contribution in [1.82, 2.24) is 0 Å². The Labute approximate surface area is 147 Å². The van der Waals surface area contributed by atoms with Crippen LogP contribution in [-0.4, -0.2) is 11.1 Å². The molecular weight excluding hydrogens is 296 g/mol. The third-order valence-electron chi connectivity index (χ3n) is 3.14. The summed E-state index contributed by atoms with van der Waals surface area (Å²) in [4.78, 5) is 10.3. The largest absolute Gasteiger partial charge is 0.481 e. The molecule has 0 aromatic heterocycles. The van der Waals surface area contributed by atoms with Gasteiger partial charge in [-0.15, -0.1) is 0 Å². The molecule has 0 radical (unpaired) electrons. The van der Waals surface area contributed by atoms with Gasteiger partial charge in [0, 0.05) is 6.42 Å². The summed E-state index contributed by atoms with van der Waals surface area (Å²) in [6.45, 7) is 2.15. The first-order valence-electron chi connectivity index (χ1n) is 8.92. The number of aliphatic carboxylic acids is 1. The second kappa shape index (κ2) is 19.0. The number of carboxylic acids is 1. The van der Waals surface area contributed by atoms with E-state index in [0.717, 1.165) is 38.5 Å². The zero-order valence-electron chi connectivity index (χ0n) is 14.9. The van der Waals surface area contributed by atoms with Crippen LogP contribution in [0.4, 0.5) is 0 Å². The SMILES string of the molecule is CCC=CCCC=CC=CC=CCCC=CCC=CCCC(=O)O. The van der Waals surface area contributed by atoms with Crippen molar-refractivity contribution in [3.63, 3.8) is 0 Å². The first-order chi connectivity index (χ1) is 11.8. The van der Waals surface area contributed by atoms with Crippen LogP contribution in [0.5, 0.6) is 0 Å². The van der Waals surface area contributed by atoms with Crippen LogP contribution in [0.15, 0.2) is 72.9 Å². The molecule has 0 aliphatic rings. The van der Waals surface area contributed by atoms with Gasteiger partial charge < -0.3 is 5.11 Å². The fourth-order valence-corrected chi connectivity index (χ4v) is 1.86. The highest BCUT2D eigenvalue weighted by molar-refractivity contribution is 5.66. The number of carboxylic acid groups (broad SMARTS) is 1. The molecule has 0 aromatic carbocycles. The van der Waals surface area contributed by atoms with Crippen LogP contribution in [-0.2, 0) is 4.79 Å². The molecule has 0 unspecified atom stereocenters. The molecule has 0 spiro atoms. The predicted molar refractivity (Wildman–Crippen MR) is 105 cm³/mol. The van der Waals surface area contributed by atoms with Crippen LogP contribution in [0.3, 0.4) is 0 Å². The lowest BCUT2D eigenvalue weighted by molar-refractivity contribution is -0.136. The van der Waals surface area contributed by atoms with Gasteiger partial charge in [-0.05, 0) is 44.9 Å². The van der Waals surface area contributed by atoms with Gasteiger partial charge in [0.2, 0.25) is 0 Å². The summed E-state index contributed by atoms with van der Waals surface area (Å²) in [7, 11) is 0. The van der Waals surface area contributed by atoms with Crippen molar-refractivity contribution >= 4 is 5.97 Å². The van der Waals surface area contributed by atoms with Gasteiger partial charge in [0.1, 0.15) is 0 Å². The number of allylic oxidation sites excluding steroid dienone is 12. The van der Waals surface area contributed by atoms with Crippen molar-refractivity contribution in [2.24, 2.45) is 0 Å². The van der Waals surface area contributed by atoms with Gasteiger partial charge in [0.15, 0.2) is 0 Å². The van der Waals surface area contributed by atoms with Gasteiger partial charge >= 0.3 is 5.97 Å². The zero-order chi connectivity index (χ0) is 17.7. The van der Waals surface area contributed by atoms with Gasteiger partial charge in [0.05, 0.1) is 0 Å². The lowest BCUT2D eigenvalue weighted by Gasteiger charge is -1.88. The van der Waals surface area contributed by atoms with Crippen molar-refractivity contribution in [1.29, 1.82) is 0 Å². The second-order valence-electron chi connectivity index (χ2n) is 5.39. The van der Waals surface area contributed by atoms with Crippen LogP contribution < -0.4 is 0 Å². The monoisotopic (exact) mass is 328 g/mol. The minimum absolute atomic E-state index is 0.212. The molecule has 132 valence electrons. The number of hydrogen-bond acceptors (Lipinski definition) is 1. The number of hydrogen-bond donors (Lipinski definition) is 1. The third kappa shape index (κ3) is 19.9. The average Bonchev–Trinajstić information content (AvgIpc) is 2.56. The summed E-state index contributed by atoms with van der Waals surface area (Å²) in [6.07, 6.45) is 32.4. The first kappa shape index (κ1) is 21.9. The van der Waals surface area contributed by atoms with E-state index in [1.165, 1.54) is 0 Å². The highest BCUT2D eigenvalue weighted by Crippen LogP contribution is 1.98. The van der Waals surface area contributed by atoms with Gasteiger partial charge in [-0.3, -0.25) is 4.79 Å². The molecule has 0 saturated carbocycles. The smallest absolute Gasteiger partial charge is 0.303 e. The normalized spacial score (nSPS) is 13.0. The summed E-state index contributed by atoms with van der Waals surface area (Å²) in [5, 5.41) is 8.49. The molecule has 0 aliphatic heterocycles. The van der Waals surface area contributed by atoms with Crippen LogP contribution >= 0.6 is 0 Å². The summed E-state index contributed by atoms with van der Waals surface area (Å²) in [5.74, 6) is -0.740. The van der Waals surface area contributed by atoms with Crippen LogP contribution in [0.1, 0.15) is 58.3 Å². The molecule has 24 heavy (non-hydrogen) atoms. The second-order valence-corrected chi connectivity index (χ2v) is 5.39. The topological polar surface area (TPSA) is 37.3 Å². The van der Waals surface area contributed by atoms with Crippen LogP contribution in [0.2, 0.25) is 0 Å². The highest BCUT2D eigenvalue weighted by atomic mass is 16.4. The minimum Gasteiger partial charge on any atom is -0.481 e. The fraction of sp³-hybridized carbons (Fsp3) is 0.409. The fourth-order valence-electron chi connectivity index (χ4n) is 1.86. The maximum atomic E-state index is 10.3. The summed E-state index contributed by atoms with van der Waals surface area (Å²) in [6, 6.07) is 0. The minimum atomic E-state index is -0.740.